The summed E-state index contributed by atoms with van der Waals surface area (Å²) in [7, 11) is 0. The Labute approximate surface area is 163 Å². The minimum atomic E-state index is -0.750. The monoisotopic (exact) mass is 432 g/mol. The van der Waals surface area contributed by atoms with E-state index in [-0.39, 0.29) is 6.03 Å². The lowest BCUT2D eigenvalue weighted by Gasteiger charge is -2.08. The number of carbonyl (C=O) groups is 1. The van der Waals surface area contributed by atoms with Gasteiger partial charge >= 0.3 is 6.03 Å². The molecule has 3 nitrogen and oxygen atoms in total. The van der Waals surface area contributed by atoms with Crippen molar-refractivity contribution in [3.63, 3.8) is 0 Å². The van der Waals surface area contributed by atoms with E-state index in [9.17, 15) is 4.79 Å². The number of urea groups is 1. The summed E-state index contributed by atoms with van der Waals surface area (Å²) >= 11 is 31.8. The fraction of sp³-hybridized carbons (Fsp3) is 0.0714. The zero-order valence-electron chi connectivity index (χ0n) is 11.3. The average Bonchev–Trinajstić information content (AvgIpc) is 2.45. The molecule has 0 heterocycles. The normalized spacial score (nSPS) is 9.87. The van der Waals surface area contributed by atoms with Crippen molar-refractivity contribution in [1.29, 1.82) is 0 Å². The zero-order chi connectivity index (χ0) is 17.4. The van der Waals surface area contributed by atoms with Crippen LogP contribution in [0.1, 0.15) is 0 Å². The van der Waals surface area contributed by atoms with Crippen LogP contribution < -0.4 is 10.6 Å². The molecule has 0 fully saturated rings. The lowest BCUT2D eigenvalue weighted by atomic mass is 10.3. The summed E-state index contributed by atoms with van der Waals surface area (Å²) in [4.78, 5) is 11.7. The maximum Gasteiger partial charge on any atom is 0.323 e. The average molecular weight is 435 g/mol. The second-order valence-electron chi connectivity index (χ2n) is 3.96. The highest BCUT2D eigenvalue weighted by Gasteiger charge is 2.04. The van der Waals surface area contributed by atoms with Crippen molar-refractivity contribution in [2.45, 2.75) is 4.30 Å². The summed E-state index contributed by atoms with van der Waals surface area (Å²) in [6.07, 6.45) is 0. The topological polar surface area (TPSA) is 41.1 Å². The first-order valence-corrected chi connectivity index (χ1v) is 8.43. The molecule has 0 aliphatic carbocycles. The highest BCUT2D eigenvalue weighted by molar-refractivity contribution is 6.63. The van der Waals surface area contributed by atoms with Crippen LogP contribution in [0.15, 0.2) is 42.5 Å². The molecule has 0 unspecified atom stereocenters. The van der Waals surface area contributed by atoms with Gasteiger partial charge in [-0.25, -0.2) is 4.79 Å². The molecule has 0 spiro atoms. The number of amides is 2. The van der Waals surface area contributed by atoms with Gasteiger partial charge in [-0.1, -0.05) is 69.6 Å². The first-order chi connectivity index (χ1) is 10.8. The molecule has 0 atom stereocenters. The summed E-state index contributed by atoms with van der Waals surface area (Å²) in [5.74, 6) is 0. The van der Waals surface area contributed by atoms with E-state index in [1.807, 2.05) is 0 Å². The number of benzene rings is 2. The van der Waals surface area contributed by atoms with Crippen molar-refractivity contribution in [3.05, 3.63) is 57.5 Å². The highest BCUT2D eigenvalue weighted by atomic mass is 35.6. The Morgan fingerprint density at radius 1 is 0.783 bits per heavy atom. The maximum absolute atomic E-state index is 11.7. The fourth-order valence-electron chi connectivity index (χ4n) is 1.40. The molecule has 0 bridgehead atoms. The van der Waals surface area contributed by atoms with Crippen LogP contribution >= 0.6 is 69.6 Å². The molecule has 2 aromatic carbocycles. The summed E-state index contributed by atoms with van der Waals surface area (Å²) in [6.45, 7) is 0. The molecule has 2 amide bonds. The number of hydrogen-bond acceptors (Lipinski definition) is 1. The summed E-state index contributed by atoms with van der Waals surface area (Å²) in [6, 6.07) is 11.3. The minimum absolute atomic E-state index is 0.374. The molecule has 0 aliphatic rings. The predicted molar refractivity (Wildman–Crippen MR) is 102 cm³/mol. The lowest BCUT2D eigenvalue weighted by molar-refractivity contribution is 0.262. The van der Waals surface area contributed by atoms with E-state index in [0.717, 1.165) is 0 Å². The van der Waals surface area contributed by atoms with E-state index in [4.69, 9.17) is 69.6 Å². The fourth-order valence-corrected chi connectivity index (χ4v) is 1.82. The summed E-state index contributed by atoms with van der Waals surface area (Å²) in [5.41, 5.74) is 1.20. The summed E-state index contributed by atoms with van der Waals surface area (Å²) < 4.78 is -0.750. The van der Waals surface area contributed by atoms with Gasteiger partial charge in [0.2, 0.25) is 0 Å². The van der Waals surface area contributed by atoms with Crippen molar-refractivity contribution in [2.75, 3.05) is 10.6 Å². The largest absolute Gasteiger partial charge is 0.323 e. The molecule has 0 radical (unpaired) electrons. The molecule has 124 valence electrons. The number of carbonyl (C=O) groups excluding carboxylic acids is 1. The van der Waals surface area contributed by atoms with E-state index < -0.39 is 4.30 Å². The van der Waals surface area contributed by atoms with Gasteiger partial charge in [-0.05, 0) is 42.5 Å². The van der Waals surface area contributed by atoms with Gasteiger partial charge in [-0.3, -0.25) is 0 Å². The van der Waals surface area contributed by atoms with E-state index in [1.54, 1.807) is 42.5 Å². The Bertz CT molecular complexity index is 645. The van der Waals surface area contributed by atoms with Crippen molar-refractivity contribution in [1.82, 2.24) is 0 Å². The first kappa shape index (κ1) is 20.5. The van der Waals surface area contributed by atoms with E-state index in [0.29, 0.717) is 26.4 Å². The molecule has 9 heteroatoms. The van der Waals surface area contributed by atoms with Crippen LogP contribution in [0, 0.1) is 0 Å². The predicted octanol–water partition coefficient (Wildman–Crippen LogP) is 7.28. The van der Waals surface area contributed by atoms with Gasteiger partial charge in [-0.15, -0.1) is 0 Å². The standard InChI is InChI=1S/C13H9Cl3N2O.CHCl3/c14-8-1-3-9(4-2-8)17-13(19)18-10-5-6-11(15)12(16)7-10;2-1(3)4/h1-7H,(H2,17,18,19);1H. The first-order valence-electron chi connectivity index (χ1n) is 5.99. The van der Waals surface area contributed by atoms with Gasteiger partial charge in [0.25, 0.3) is 0 Å². The number of alkyl halides is 3. The number of anilines is 2. The van der Waals surface area contributed by atoms with Crippen LogP contribution in [0.3, 0.4) is 0 Å². The minimum Gasteiger partial charge on any atom is -0.308 e. The van der Waals surface area contributed by atoms with E-state index >= 15 is 0 Å². The molecular weight excluding hydrogens is 425 g/mol. The molecule has 0 aromatic heterocycles. The Balaban J connectivity index is 0.000000593. The Morgan fingerprint density at radius 3 is 1.78 bits per heavy atom. The second kappa shape index (κ2) is 10.3. The maximum atomic E-state index is 11.7. The van der Waals surface area contributed by atoms with Gasteiger partial charge in [-0.2, -0.15) is 0 Å². The van der Waals surface area contributed by atoms with Gasteiger partial charge in [0.05, 0.1) is 10.0 Å². The van der Waals surface area contributed by atoms with Gasteiger partial charge in [0, 0.05) is 16.4 Å². The molecule has 0 saturated carbocycles. The van der Waals surface area contributed by atoms with Gasteiger partial charge in [0.1, 0.15) is 0 Å². The molecule has 23 heavy (non-hydrogen) atoms. The van der Waals surface area contributed by atoms with Crippen LogP contribution in [0.2, 0.25) is 15.1 Å². The Morgan fingerprint density at radius 2 is 1.26 bits per heavy atom. The quantitative estimate of drug-likeness (QED) is 0.479. The molecule has 0 aliphatic heterocycles. The summed E-state index contributed by atoms with van der Waals surface area (Å²) in [5, 5.41) is 6.74. The third-order valence-electron chi connectivity index (χ3n) is 2.28. The highest BCUT2D eigenvalue weighted by Crippen LogP contribution is 2.25. The second-order valence-corrected chi connectivity index (χ2v) is 7.19. The van der Waals surface area contributed by atoms with Crippen LogP contribution in [0.5, 0.6) is 0 Å². The van der Waals surface area contributed by atoms with Crippen LogP contribution in [-0.4, -0.2) is 10.3 Å². The van der Waals surface area contributed by atoms with E-state index in [1.165, 1.54) is 0 Å². The van der Waals surface area contributed by atoms with Crippen molar-refractivity contribution in [2.24, 2.45) is 0 Å². The molecular formula is C14H10Cl6N2O. The van der Waals surface area contributed by atoms with Crippen LogP contribution in [0.25, 0.3) is 0 Å². The number of nitrogens with one attached hydrogen (secondary N) is 2. The van der Waals surface area contributed by atoms with Gasteiger partial charge < -0.3 is 10.6 Å². The third kappa shape index (κ3) is 8.75. The molecule has 2 rings (SSSR count). The molecule has 2 N–H and O–H groups in total. The lowest BCUT2D eigenvalue weighted by Crippen LogP contribution is -2.19. The third-order valence-corrected chi connectivity index (χ3v) is 3.27. The number of halogens is 6. The van der Waals surface area contributed by atoms with Crippen molar-refractivity contribution < 1.29 is 4.79 Å². The van der Waals surface area contributed by atoms with Crippen LogP contribution in [0.4, 0.5) is 16.2 Å². The smallest absolute Gasteiger partial charge is 0.308 e. The van der Waals surface area contributed by atoms with Crippen molar-refractivity contribution >= 4 is 87.0 Å². The van der Waals surface area contributed by atoms with Crippen LogP contribution in [-0.2, 0) is 0 Å². The Hall–Kier alpha value is -0.550. The zero-order valence-corrected chi connectivity index (χ0v) is 15.8. The molecule has 2 aromatic rings. The molecule has 0 saturated heterocycles. The Kier molecular flexibility index (Phi) is 9.22. The van der Waals surface area contributed by atoms with Crippen molar-refractivity contribution in [3.8, 4) is 0 Å². The number of hydrogen-bond donors (Lipinski definition) is 2. The van der Waals surface area contributed by atoms with E-state index in [2.05, 4.69) is 10.6 Å². The van der Waals surface area contributed by atoms with Gasteiger partial charge in [0.15, 0.2) is 4.30 Å². The SMILES string of the molecule is ClC(Cl)Cl.O=C(Nc1ccc(Cl)cc1)Nc1ccc(Cl)c(Cl)c1. The number of rotatable bonds is 2.